The van der Waals surface area contributed by atoms with Crippen molar-refractivity contribution < 1.29 is 8.42 Å². The highest BCUT2D eigenvalue weighted by molar-refractivity contribution is 7.92. The Morgan fingerprint density at radius 2 is 1.61 bits per heavy atom. The van der Waals surface area contributed by atoms with Gasteiger partial charge in [-0.15, -0.1) is 0 Å². The molecule has 124 valence electrons. The molecule has 0 radical (unpaired) electrons. The van der Waals surface area contributed by atoms with Gasteiger partial charge < -0.3 is 10.6 Å². The third-order valence-corrected chi connectivity index (χ3v) is 5.32. The van der Waals surface area contributed by atoms with Crippen molar-refractivity contribution in [1.82, 2.24) is 0 Å². The molecule has 0 aliphatic rings. The summed E-state index contributed by atoms with van der Waals surface area (Å²) >= 11 is 17.9. The number of nitrogens with zero attached hydrogens (tertiary/aromatic N) is 1. The Balaban J connectivity index is 2.50. The average Bonchev–Trinajstić information content (AvgIpc) is 2.43. The Hall–Kier alpha value is -1.34. The summed E-state index contributed by atoms with van der Waals surface area (Å²) in [5.41, 5.74) is 6.64. The molecule has 0 amide bonds. The standard InChI is InChI=1S/C14H14Cl3N3O2S/c1-20(2)14-9(15)4-3-5-12(14)19-23(21,22)8-6-10(16)13(18)11(17)7-8/h3-7,19H,18H2,1-2H3. The molecular weight excluding hydrogens is 381 g/mol. The largest absolute Gasteiger partial charge is 0.396 e. The number of benzene rings is 2. The fourth-order valence-corrected chi connectivity index (χ4v) is 4.05. The van der Waals surface area contributed by atoms with Gasteiger partial charge in [0.25, 0.3) is 10.0 Å². The first kappa shape index (κ1) is 18.0. The third-order valence-electron chi connectivity index (χ3n) is 3.04. The molecule has 23 heavy (non-hydrogen) atoms. The number of para-hydroxylation sites is 1. The zero-order valence-electron chi connectivity index (χ0n) is 12.3. The zero-order valence-corrected chi connectivity index (χ0v) is 15.4. The maximum atomic E-state index is 12.6. The van der Waals surface area contributed by atoms with Gasteiger partial charge in [-0.1, -0.05) is 40.9 Å². The number of nitrogens with one attached hydrogen (secondary N) is 1. The highest BCUT2D eigenvalue weighted by atomic mass is 35.5. The molecule has 0 fully saturated rings. The van der Waals surface area contributed by atoms with Crippen LogP contribution < -0.4 is 15.4 Å². The molecule has 0 atom stereocenters. The molecule has 3 N–H and O–H groups in total. The molecule has 2 aromatic rings. The highest BCUT2D eigenvalue weighted by Crippen LogP contribution is 2.35. The lowest BCUT2D eigenvalue weighted by Crippen LogP contribution is -2.17. The normalized spacial score (nSPS) is 11.3. The molecule has 0 heterocycles. The van der Waals surface area contributed by atoms with E-state index in [0.717, 1.165) is 0 Å². The van der Waals surface area contributed by atoms with Crippen molar-refractivity contribution in [3.63, 3.8) is 0 Å². The maximum Gasteiger partial charge on any atom is 0.262 e. The van der Waals surface area contributed by atoms with Crippen LogP contribution in [-0.2, 0) is 10.0 Å². The van der Waals surface area contributed by atoms with Crippen molar-refractivity contribution in [3.8, 4) is 0 Å². The topological polar surface area (TPSA) is 75.4 Å². The van der Waals surface area contributed by atoms with Crippen molar-refractivity contribution >= 4 is 61.9 Å². The van der Waals surface area contributed by atoms with Crippen LogP contribution in [0.4, 0.5) is 17.1 Å². The second kappa shape index (κ2) is 6.65. The number of hydrogen-bond acceptors (Lipinski definition) is 4. The lowest BCUT2D eigenvalue weighted by molar-refractivity contribution is 0.601. The summed E-state index contributed by atoms with van der Waals surface area (Å²) in [7, 11) is -0.388. The highest BCUT2D eigenvalue weighted by Gasteiger charge is 2.20. The van der Waals surface area contributed by atoms with E-state index in [9.17, 15) is 8.42 Å². The van der Waals surface area contributed by atoms with E-state index in [1.165, 1.54) is 12.1 Å². The minimum absolute atomic E-state index is 0.0665. The smallest absolute Gasteiger partial charge is 0.262 e. The minimum Gasteiger partial charge on any atom is -0.396 e. The molecule has 0 aliphatic carbocycles. The van der Waals surface area contributed by atoms with Gasteiger partial charge in [0.05, 0.1) is 37.0 Å². The van der Waals surface area contributed by atoms with Crippen LogP contribution in [0.2, 0.25) is 15.1 Å². The molecule has 0 saturated heterocycles. The van der Waals surface area contributed by atoms with Gasteiger partial charge in [-0.25, -0.2) is 8.42 Å². The number of anilines is 3. The molecular formula is C14H14Cl3N3O2S. The van der Waals surface area contributed by atoms with E-state index in [4.69, 9.17) is 40.5 Å². The molecule has 0 aliphatic heterocycles. The second-order valence-electron chi connectivity index (χ2n) is 4.94. The number of nitrogen functional groups attached to an aromatic ring is 1. The molecule has 9 heteroatoms. The van der Waals surface area contributed by atoms with Crippen molar-refractivity contribution in [3.05, 3.63) is 45.4 Å². The zero-order chi connectivity index (χ0) is 17.4. The number of halogens is 3. The van der Waals surface area contributed by atoms with E-state index in [1.807, 2.05) is 0 Å². The summed E-state index contributed by atoms with van der Waals surface area (Å²) in [5, 5.41) is 0.553. The molecule has 0 saturated carbocycles. The maximum absolute atomic E-state index is 12.6. The van der Waals surface area contributed by atoms with E-state index in [2.05, 4.69) is 4.72 Å². The van der Waals surface area contributed by atoms with Gasteiger partial charge in [-0.2, -0.15) is 0 Å². The lowest BCUT2D eigenvalue weighted by atomic mass is 10.2. The fraction of sp³-hybridized carbons (Fsp3) is 0.143. The van der Waals surface area contributed by atoms with Crippen molar-refractivity contribution in [2.24, 2.45) is 0 Å². The van der Waals surface area contributed by atoms with Crippen molar-refractivity contribution in [2.45, 2.75) is 4.90 Å². The quantitative estimate of drug-likeness (QED) is 0.766. The van der Waals surface area contributed by atoms with Crippen LogP contribution in [0.5, 0.6) is 0 Å². The van der Waals surface area contributed by atoms with Gasteiger partial charge in [0.1, 0.15) is 0 Å². The average molecular weight is 395 g/mol. The van der Waals surface area contributed by atoms with Crippen LogP contribution >= 0.6 is 34.8 Å². The van der Waals surface area contributed by atoms with Crippen molar-refractivity contribution in [2.75, 3.05) is 29.5 Å². The van der Waals surface area contributed by atoms with E-state index in [0.29, 0.717) is 16.4 Å². The Bertz CT molecular complexity index is 831. The summed E-state index contributed by atoms with van der Waals surface area (Å²) < 4.78 is 27.6. The number of nitrogens with two attached hydrogens (primary N) is 1. The first-order valence-corrected chi connectivity index (χ1v) is 8.98. The van der Waals surface area contributed by atoms with Crippen LogP contribution in [-0.4, -0.2) is 22.5 Å². The van der Waals surface area contributed by atoms with Crippen LogP contribution in [0.15, 0.2) is 35.2 Å². The van der Waals surface area contributed by atoms with Crippen LogP contribution in [0.25, 0.3) is 0 Å². The van der Waals surface area contributed by atoms with Gasteiger partial charge in [-0.05, 0) is 24.3 Å². The van der Waals surface area contributed by atoms with Crippen LogP contribution in [0.1, 0.15) is 0 Å². The molecule has 2 rings (SSSR count). The van der Waals surface area contributed by atoms with E-state index >= 15 is 0 Å². The molecule has 0 spiro atoms. The number of rotatable bonds is 4. The van der Waals surface area contributed by atoms with Gasteiger partial charge in [0.15, 0.2) is 0 Å². The Kier molecular flexibility index (Phi) is 5.20. The predicted molar refractivity (Wildman–Crippen MR) is 97.5 cm³/mol. The fourth-order valence-electron chi connectivity index (χ4n) is 1.97. The Morgan fingerprint density at radius 1 is 1.04 bits per heavy atom. The summed E-state index contributed by atoms with van der Waals surface area (Å²) in [6, 6.07) is 7.41. The molecule has 0 bridgehead atoms. The summed E-state index contributed by atoms with van der Waals surface area (Å²) in [5.74, 6) is 0. The first-order valence-electron chi connectivity index (χ1n) is 6.36. The lowest BCUT2D eigenvalue weighted by Gasteiger charge is -2.20. The molecule has 0 aromatic heterocycles. The van der Waals surface area contributed by atoms with Crippen LogP contribution in [0, 0.1) is 0 Å². The molecule has 0 unspecified atom stereocenters. The van der Waals surface area contributed by atoms with E-state index in [-0.39, 0.29) is 20.6 Å². The summed E-state index contributed by atoms with van der Waals surface area (Å²) in [6.07, 6.45) is 0. The third kappa shape index (κ3) is 3.77. The summed E-state index contributed by atoms with van der Waals surface area (Å²) in [6.45, 7) is 0. The Labute approximate surface area is 150 Å². The minimum atomic E-state index is -3.91. The number of sulfonamides is 1. The SMILES string of the molecule is CN(C)c1c(Cl)cccc1NS(=O)(=O)c1cc(Cl)c(N)c(Cl)c1. The van der Waals surface area contributed by atoms with Gasteiger partial charge >= 0.3 is 0 Å². The van der Waals surface area contributed by atoms with E-state index < -0.39 is 10.0 Å². The summed E-state index contributed by atoms with van der Waals surface area (Å²) in [4.78, 5) is 1.62. The van der Waals surface area contributed by atoms with Gasteiger partial charge in [0, 0.05) is 14.1 Å². The molecule has 5 nitrogen and oxygen atoms in total. The second-order valence-corrected chi connectivity index (χ2v) is 7.84. The van der Waals surface area contributed by atoms with E-state index in [1.54, 1.807) is 37.2 Å². The van der Waals surface area contributed by atoms with Crippen LogP contribution in [0.3, 0.4) is 0 Å². The monoisotopic (exact) mass is 393 g/mol. The first-order chi connectivity index (χ1) is 10.6. The van der Waals surface area contributed by atoms with Crippen molar-refractivity contribution in [1.29, 1.82) is 0 Å². The van der Waals surface area contributed by atoms with Gasteiger partial charge in [0.2, 0.25) is 0 Å². The Morgan fingerprint density at radius 3 is 2.13 bits per heavy atom. The molecule has 2 aromatic carbocycles. The number of hydrogen-bond donors (Lipinski definition) is 2. The predicted octanol–water partition coefficient (Wildman–Crippen LogP) is 4.10. The van der Waals surface area contributed by atoms with Gasteiger partial charge in [-0.3, -0.25) is 4.72 Å².